The summed E-state index contributed by atoms with van der Waals surface area (Å²) in [5.74, 6) is 0.194. The molecular weight excluding hydrogens is 414 g/mol. The Morgan fingerprint density at radius 3 is 2.42 bits per heavy atom. The van der Waals surface area contributed by atoms with Gasteiger partial charge in [-0.15, -0.1) is 0 Å². The molecule has 2 heterocycles. The first-order valence-electron chi connectivity index (χ1n) is 10.3. The molecule has 0 bridgehead atoms. The van der Waals surface area contributed by atoms with Gasteiger partial charge in [-0.3, -0.25) is 14.5 Å². The maximum absolute atomic E-state index is 13.1. The Hall–Kier alpha value is -4.64. The highest BCUT2D eigenvalue weighted by molar-refractivity contribution is 6.48. The number of hydrogen-bond donors (Lipinski definition) is 1. The first kappa shape index (κ1) is 21.6. The van der Waals surface area contributed by atoms with Gasteiger partial charge in [0.15, 0.2) is 5.82 Å². The smallest absolute Gasteiger partial charge is 0.274 e. The van der Waals surface area contributed by atoms with E-state index in [9.17, 15) is 4.79 Å². The molecule has 2 aromatic heterocycles. The number of nitriles is 1. The summed E-state index contributed by atoms with van der Waals surface area (Å²) in [4.78, 5) is 26.3. The van der Waals surface area contributed by atoms with Crippen LogP contribution in [0.4, 0.5) is 5.69 Å². The normalized spacial score (nSPS) is 11.1. The molecule has 4 aromatic rings. The van der Waals surface area contributed by atoms with Crippen LogP contribution in [0.2, 0.25) is 0 Å². The van der Waals surface area contributed by atoms with E-state index < -0.39 is 0 Å². The number of carbonyl (C=O) groups excluding carboxylic acids is 1. The van der Waals surface area contributed by atoms with Crippen LogP contribution in [0.15, 0.2) is 84.4 Å². The van der Waals surface area contributed by atoms with E-state index in [2.05, 4.69) is 31.4 Å². The van der Waals surface area contributed by atoms with Crippen molar-refractivity contribution in [1.82, 2.24) is 19.7 Å². The van der Waals surface area contributed by atoms with Gasteiger partial charge in [0.1, 0.15) is 5.71 Å². The second-order valence-electron chi connectivity index (χ2n) is 7.31. The highest BCUT2D eigenvalue weighted by Crippen LogP contribution is 2.15. The Bertz CT molecular complexity index is 1300. The molecule has 0 saturated heterocycles. The zero-order valence-electron chi connectivity index (χ0n) is 18.0. The maximum atomic E-state index is 13.1. The number of nitrogens with zero attached hydrogens (tertiary/aromatic N) is 6. The van der Waals surface area contributed by atoms with Gasteiger partial charge in [-0.1, -0.05) is 42.5 Å². The topological polar surface area (TPSA) is 109 Å². The second-order valence-corrected chi connectivity index (χ2v) is 7.31. The van der Waals surface area contributed by atoms with Crippen molar-refractivity contribution in [2.24, 2.45) is 12.0 Å². The maximum Gasteiger partial charge on any atom is 0.274 e. The number of benzene rings is 2. The van der Waals surface area contributed by atoms with Crippen LogP contribution in [0.1, 0.15) is 16.7 Å². The fourth-order valence-corrected chi connectivity index (χ4v) is 3.20. The molecule has 0 spiro atoms. The molecule has 4 rings (SSSR count). The minimum Gasteiger partial charge on any atom is -0.318 e. The summed E-state index contributed by atoms with van der Waals surface area (Å²) < 4.78 is 1.68. The largest absolute Gasteiger partial charge is 0.318 e. The second kappa shape index (κ2) is 10.1. The Labute approximate surface area is 191 Å². The number of hydrogen-bond acceptors (Lipinski definition) is 6. The van der Waals surface area contributed by atoms with Crippen LogP contribution in [0.3, 0.4) is 0 Å². The fourth-order valence-electron chi connectivity index (χ4n) is 3.20. The number of amides is 1. The standard InChI is InChI=1S/C25H21N7O/c1-32-17-21(14-30-32)24-28-15-22(16-29-24)31-25(33)23(20-5-3-2-4-6-20)27-12-11-18-7-9-19(13-26)10-8-18/h2-10,14-17H,11-12H2,1H3,(H,31,33). The van der Waals surface area contributed by atoms with Crippen LogP contribution in [0.5, 0.6) is 0 Å². The van der Waals surface area contributed by atoms with Gasteiger partial charge in [0.05, 0.1) is 41.5 Å². The van der Waals surface area contributed by atoms with Gasteiger partial charge in [0.25, 0.3) is 5.91 Å². The molecule has 162 valence electrons. The van der Waals surface area contributed by atoms with Crippen LogP contribution in [0, 0.1) is 11.3 Å². The van der Waals surface area contributed by atoms with Crippen molar-refractivity contribution in [2.75, 3.05) is 11.9 Å². The predicted octanol–water partition coefficient (Wildman–Crippen LogP) is 3.42. The van der Waals surface area contributed by atoms with E-state index in [4.69, 9.17) is 5.26 Å². The predicted molar refractivity (Wildman–Crippen MR) is 126 cm³/mol. The Morgan fingerprint density at radius 2 is 1.79 bits per heavy atom. The van der Waals surface area contributed by atoms with Gasteiger partial charge in [0, 0.05) is 25.4 Å². The molecule has 0 aliphatic heterocycles. The van der Waals surface area contributed by atoms with Gasteiger partial charge < -0.3 is 5.32 Å². The first-order valence-corrected chi connectivity index (χ1v) is 10.3. The van der Waals surface area contributed by atoms with Gasteiger partial charge in [-0.25, -0.2) is 9.97 Å². The van der Waals surface area contributed by atoms with E-state index in [0.717, 1.165) is 16.7 Å². The minimum atomic E-state index is -0.334. The highest BCUT2D eigenvalue weighted by Gasteiger charge is 2.15. The zero-order chi connectivity index (χ0) is 23.0. The summed E-state index contributed by atoms with van der Waals surface area (Å²) in [6.07, 6.45) is 7.28. The molecule has 0 saturated carbocycles. The number of anilines is 1. The lowest BCUT2D eigenvalue weighted by molar-refractivity contribution is -0.110. The lowest BCUT2D eigenvalue weighted by Gasteiger charge is -2.09. The monoisotopic (exact) mass is 435 g/mol. The Morgan fingerprint density at radius 1 is 1.06 bits per heavy atom. The number of rotatable bonds is 7. The lowest BCUT2D eigenvalue weighted by atomic mass is 10.1. The summed E-state index contributed by atoms with van der Waals surface area (Å²) in [5.41, 5.74) is 3.99. The van der Waals surface area contributed by atoms with Crippen LogP contribution in [0.25, 0.3) is 11.4 Å². The highest BCUT2D eigenvalue weighted by atomic mass is 16.1. The fraction of sp³-hybridized carbons (Fsp3) is 0.120. The van der Waals surface area contributed by atoms with E-state index in [0.29, 0.717) is 35.8 Å². The van der Waals surface area contributed by atoms with E-state index in [1.165, 1.54) is 0 Å². The lowest BCUT2D eigenvalue weighted by Crippen LogP contribution is -2.24. The molecule has 0 radical (unpaired) electrons. The van der Waals surface area contributed by atoms with E-state index in [1.807, 2.05) is 55.7 Å². The Balaban J connectivity index is 1.48. The molecule has 1 amide bonds. The summed E-state index contributed by atoms with van der Waals surface area (Å²) in [5, 5.41) is 15.9. The van der Waals surface area contributed by atoms with Gasteiger partial charge in [0.2, 0.25) is 0 Å². The molecule has 0 atom stereocenters. The minimum absolute atomic E-state index is 0.334. The molecule has 33 heavy (non-hydrogen) atoms. The van der Waals surface area contributed by atoms with Crippen molar-refractivity contribution < 1.29 is 4.79 Å². The number of aromatic nitrogens is 4. The van der Waals surface area contributed by atoms with Gasteiger partial charge >= 0.3 is 0 Å². The molecule has 0 fully saturated rings. The molecule has 8 heteroatoms. The molecular formula is C25H21N7O. The van der Waals surface area contributed by atoms with Crippen molar-refractivity contribution in [3.05, 3.63) is 96.1 Å². The van der Waals surface area contributed by atoms with Crippen molar-refractivity contribution in [3.63, 3.8) is 0 Å². The van der Waals surface area contributed by atoms with Crippen molar-refractivity contribution in [1.29, 1.82) is 5.26 Å². The first-order chi connectivity index (χ1) is 16.1. The van der Waals surface area contributed by atoms with Crippen LogP contribution in [-0.2, 0) is 18.3 Å². The molecule has 0 aliphatic carbocycles. The van der Waals surface area contributed by atoms with Gasteiger partial charge in [-0.2, -0.15) is 10.4 Å². The SMILES string of the molecule is Cn1cc(-c2ncc(NC(=O)C(=NCCc3ccc(C#N)cc3)c3ccccc3)cn2)cn1. The number of carbonyl (C=O) groups is 1. The molecule has 0 aliphatic rings. The van der Waals surface area contributed by atoms with Crippen LogP contribution in [-0.4, -0.2) is 37.9 Å². The average Bonchev–Trinajstić information content (AvgIpc) is 3.29. The quantitative estimate of drug-likeness (QED) is 0.448. The molecule has 8 nitrogen and oxygen atoms in total. The molecule has 0 unspecified atom stereocenters. The van der Waals surface area contributed by atoms with Crippen LogP contribution >= 0.6 is 0 Å². The number of aliphatic imine (C=N–C) groups is 1. The van der Waals surface area contributed by atoms with Gasteiger partial charge in [-0.05, 0) is 24.1 Å². The summed E-state index contributed by atoms with van der Waals surface area (Å²) in [7, 11) is 1.82. The zero-order valence-corrected chi connectivity index (χ0v) is 18.0. The van der Waals surface area contributed by atoms with E-state index in [1.54, 1.807) is 35.4 Å². The van der Waals surface area contributed by atoms with E-state index >= 15 is 0 Å². The van der Waals surface area contributed by atoms with Crippen LogP contribution < -0.4 is 5.32 Å². The average molecular weight is 435 g/mol. The summed E-state index contributed by atoms with van der Waals surface area (Å²) >= 11 is 0. The third kappa shape index (κ3) is 5.54. The summed E-state index contributed by atoms with van der Waals surface area (Å²) in [6, 6.07) is 18.8. The summed E-state index contributed by atoms with van der Waals surface area (Å²) in [6.45, 7) is 0.431. The van der Waals surface area contributed by atoms with E-state index in [-0.39, 0.29) is 5.91 Å². The van der Waals surface area contributed by atoms with Crippen molar-refractivity contribution >= 4 is 17.3 Å². The molecule has 2 aromatic carbocycles. The Kier molecular flexibility index (Phi) is 6.61. The molecule has 1 N–H and O–H groups in total. The van der Waals surface area contributed by atoms with Crippen molar-refractivity contribution in [3.8, 4) is 17.5 Å². The number of nitrogens with one attached hydrogen (secondary N) is 1. The third-order valence-corrected chi connectivity index (χ3v) is 4.89. The van der Waals surface area contributed by atoms with Crippen molar-refractivity contribution in [2.45, 2.75) is 6.42 Å². The number of aryl methyl sites for hydroxylation is 1. The third-order valence-electron chi connectivity index (χ3n) is 4.89.